The van der Waals surface area contributed by atoms with Gasteiger partial charge in [-0.05, 0) is 35.9 Å². The standard InChI is InChI=1S/C19H12F6N2O2/c20-17(18(21,22)23)19(24,25)29-15-8-6-12(7-9-15)10-13(11-26)16(28)27-14-4-2-1-3-5-14/h1-10,17H,(H,27,28)/b13-10+. The minimum absolute atomic E-state index is 0.202. The maximum absolute atomic E-state index is 13.3. The van der Waals surface area contributed by atoms with Crippen molar-refractivity contribution >= 4 is 17.7 Å². The molecule has 1 atom stereocenters. The summed E-state index contributed by atoms with van der Waals surface area (Å²) in [5.41, 5.74) is 0.330. The predicted octanol–water partition coefficient (Wildman–Crippen LogP) is 5.10. The smallest absolute Gasteiger partial charge is 0.430 e. The van der Waals surface area contributed by atoms with Crippen molar-refractivity contribution in [1.29, 1.82) is 5.26 Å². The first-order valence-corrected chi connectivity index (χ1v) is 7.89. The maximum atomic E-state index is 13.3. The number of anilines is 1. The van der Waals surface area contributed by atoms with Crippen molar-refractivity contribution in [3.05, 3.63) is 65.7 Å². The van der Waals surface area contributed by atoms with E-state index in [9.17, 15) is 31.1 Å². The van der Waals surface area contributed by atoms with Crippen LogP contribution in [0.2, 0.25) is 0 Å². The van der Waals surface area contributed by atoms with Crippen molar-refractivity contribution in [2.24, 2.45) is 0 Å². The van der Waals surface area contributed by atoms with E-state index in [1.54, 1.807) is 36.4 Å². The van der Waals surface area contributed by atoms with E-state index in [0.29, 0.717) is 5.69 Å². The molecule has 29 heavy (non-hydrogen) atoms. The van der Waals surface area contributed by atoms with Crippen LogP contribution in [0.15, 0.2) is 60.2 Å². The molecule has 2 aromatic rings. The minimum atomic E-state index is -5.79. The van der Waals surface area contributed by atoms with Gasteiger partial charge in [-0.2, -0.15) is 27.2 Å². The third-order valence-corrected chi connectivity index (χ3v) is 3.42. The Kier molecular flexibility index (Phi) is 6.53. The number of halogens is 6. The lowest BCUT2D eigenvalue weighted by atomic mass is 10.1. The summed E-state index contributed by atoms with van der Waals surface area (Å²) in [7, 11) is 0. The zero-order valence-electron chi connectivity index (χ0n) is 14.4. The molecular weight excluding hydrogens is 402 g/mol. The molecule has 0 saturated carbocycles. The molecule has 0 aromatic heterocycles. The number of hydrogen-bond acceptors (Lipinski definition) is 3. The Morgan fingerprint density at radius 1 is 1.03 bits per heavy atom. The maximum Gasteiger partial charge on any atom is 0.439 e. The molecule has 2 rings (SSSR count). The molecule has 0 aliphatic carbocycles. The van der Waals surface area contributed by atoms with Crippen LogP contribution >= 0.6 is 0 Å². The molecule has 1 amide bonds. The SMILES string of the molecule is N#C/C(=C\c1ccc(OC(F)(F)C(F)C(F)(F)F)cc1)C(=O)Nc1ccccc1. The van der Waals surface area contributed by atoms with Crippen molar-refractivity contribution in [3.8, 4) is 11.8 Å². The highest BCUT2D eigenvalue weighted by Gasteiger charge is 2.59. The Hall–Kier alpha value is -3.48. The number of hydrogen-bond donors (Lipinski definition) is 1. The predicted molar refractivity (Wildman–Crippen MR) is 91.6 cm³/mol. The van der Waals surface area contributed by atoms with Crippen LogP contribution < -0.4 is 10.1 Å². The highest BCUT2D eigenvalue weighted by atomic mass is 19.4. The summed E-state index contributed by atoms with van der Waals surface area (Å²) in [5, 5.41) is 11.6. The van der Waals surface area contributed by atoms with Crippen LogP contribution in [0.25, 0.3) is 6.08 Å². The van der Waals surface area contributed by atoms with Gasteiger partial charge in [0.05, 0.1) is 0 Å². The van der Waals surface area contributed by atoms with E-state index < -0.39 is 30.1 Å². The van der Waals surface area contributed by atoms with E-state index in [-0.39, 0.29) is 11.1 Å². The molecule has 0 aliphatic rings. The fourth-order valence-electron chi connectivity index (χ4n) is 2.07. The van der Waals surface area contributed by atoms with Crippen LogP contribution in [-0.2, 0) is 4.79 Å². The van der Waals surface area contributed by atoms with Gasteiger partial charge in [-0.3, -0.25) is 4.79 Å². The third-order valence-electron chi connectivity index (χ3n) is 3.42. The fourth-order valence-corrected chi connectivity index (χ4v) is 2.07. The van der Waals surface area contributed by atoms with Crippen molar-refractivity contribution in [3.63, 3.8) is 0 Å². The van der Waals surface area contributed by atoms with Gasteiger partial charge < -0.3 is 10.1 Å². The summed E-state index contributed by atoms with van der Waals surface area (Å²) >= 11 is 0. The van der Waals surface area contributed by atoms with Crippen molar-refractivity contribution in [2.45, 2.75) is 18.5 Å². The summed E-state index contributed by atoms with van der Waals surface area (Å²) in [6, 6.07) is 13.9. The summed E-state index contributed by atoms with van der Waals surface area (Å²) in [6.07, 6.45) is -14.3. The van der Waals surface area contributed by atoms with E-state index in [4.69, 9.17) is 5.26 Å². The van der Waals surface area contributed by atoms with Crippen LogP contribution in [0.3, 0.4) is 0 Å². The number of amides is 1. The number of ether oxygens (including phenoxy) is 1. The van der Waals surface area contributed by atoms with Gasteiger partial charge >= 0.3 is 12.3 Å². The molecule has 4 nitrogen and oxygen atoms in total. The van der Waals surface area contributed by atoms with Gasteiger partial charge in [0.15, 0.2) is 0 Å². The Morgan fingerprint density at radius 2 is 1.62 bits per heavy atom. The number of carbonyl (C=O) groups excluding carboxylic acids is 1. The van der Waals surface area contributed by atoms with Gasteiger partial charge in [0.2, 0.25) is 0 Å². The molecule has 0 fully saturated rings. The first-order chi connectivity index (χ1) is 13.5. The van der Waals surface area contributed by atoms with E-state index in [1.165, 1.54) is 0 Å². The highest BCUT2D eigenvalue weighted by Crippen LogP contribution is 2.36. The first kappa shape index (κ1) is 21.8. The van der Waals surface area contributed by atoms with Crippen molar-refractivity contribution in [1.82, 2.24) is 0 Å². The molecule has 152 valence electrons. The van der Waals surface area contributed by atoms with Crippen molar-refractivity contribution < 1.29 is 35.9 Å². The molecule has 1 N–H and O–H groups in total. The van der Waals surface area contributed by atoms with Crippen LogP contribution in [0.4, 0.5) is 32.0 Å². The zero-order chi connectivity index (χ0) is 21.7. The molecule has 0 bridgehead atoms. The molecule has 0 saturated heterocycles. The molecule has 0 aliphatic heterocycles. The number of rotatable bonds is 6. The molecule has 0 heterocycles. The van der Waals surface area contributed by atoms with Crippen molar-refractivity contribution in [2.75, 3.05) is 5.32 Å². The average Bonchev–Trinajstić information content (AvgIpc) is 2.66. The normalized spacial score (nSPS) is 13.3. The monoisotopic (exact) mass is 414 g/mol. The quantitative estimate of drug-likeness (QED) is 0.406. The second-order valence-electron chi connectivity index (χ2n) is 5.63. The van der Waals surface area contributed by atoms with E-state index in [0.717, 1.165) is 30.3 Å². The molecular formula is C19H12F6N2O2. The second kappa shape index (κ2) is 8.68. The summed E-state index contributed by atoms with van der Waals surface area (Å²) < 4.78 is 79.5. The number of carbonyl (C=O) groups is 1. The number of para-hydroxylation sites is 1. The minimum Gasteiger partial charge on any atom is -0.430 e. The van der Waals surface area contributed by atoms with Gasteiger partial charge in [-0.15, -0.1) is 0 Å². The highest BCUT2D eigenvalue weighted by molar-refractivity contribution is 6.09. The van der Waals surface area contributed by atoms with Gasteiger partial charge in [-0.25, -0.2) is 4.39 Å². The molecule has 0 radical (unpaired) electrons. The summed E-state index contributed by atoms with van der Waals surface area (Å²) in [5.74, 6) is -1.46. The molecule has 2 aromatic carbocycles. The average molecular weight is 414 g/mol. The van der Waals surface area contributed by atoms with E-state index >= 15 is 0 Å². The van der Waals surface area contributed by atoms with Crippen LogP contribution in [-0.4, -0.2) is 24.4 Å². The zero-order valence-corrected chi connectivity index (χ0v) is 14.4. The summed E-state index contributed by atoms with van der Waals surface area (Å²) in [6.45, 7) is 0. The fraction of sp³-hybridized carbons (Fsp3) is 0.158. The number of nitrogens with one attached hydrogen (secondary N) is 1. The van der Waals surface area contributed by atoms with E-state index in [2.05, 4.69) is 10.1 Å². The largest absolute Gasteiger partial charge is 0.439 e. The van der Waals surface area contributed by atoms with Gasteiger partial charge in [0.1, 0.15) is 17.4 Å². The number of alkyl halides is 6. The first-order valence-electron chi connectivity index (χ1n) is 7.89. The van der Waals surface area contributed by atoms with Crippen LogP contribution in [0.1, 0.15) is 5.56 Å². The van der Waals surface area contributed by atoms with Gasteiger partial charge in [0, 0.05) is 5.69 Å². The molecule has 10 heteroatoms. The Labute approximate surface area is 161 Å². The van der Waals surface area contributed by atoms with E-state index in [1.807, 2.05) is 0 Å². The van der Waals surface area contributed by atoms with Crippen LogP contribution in [0.5, 0.6) is 5.75 Å². The topological polar surface area (TPSA) is 62.1 Å². The lowest BCUT2D eigenvalue weighted by molar-refractivity contribution is -0.304. The Morgan fingerprint density at radius 3 is 2.14 bits per heavy atom. The van der Waals surface area contributed by atoms with Crippen LogP contribution in [0, 0.1) is 11.3 Å². The molecule has 1 unspecified atom stereocenters. The number of benzene rings is 2. The van der Waals surface area contributed by atoms with Gasteiger partial charge in [-0.1, -0.05) is 30.3 Å². The van der Waals surface area contributed by atoms with Gasteiger partial charge in [0.25, 0.3) is 12.1 Å². The Bertz CT molecular complexity index is 918. The lowest BCUT2D eigenvalue weighted by Crippen LogP contribution is -2.45. The Balaban J connectivity index is 2.12. The number of nitriles is 1. The number of nitrogens with zero attached hydrogens (tertiary/aromatic N) is 1. The lowest BCUT2D eigenvalue weighted by Gasteiger charge is -2.23. The summed E-state index contributed by atoms with van der Waals surface area (Å²) in [4.78, 5) is 12.1. The second-order valence-corrected chi connectivity index (χ2v) is 5.63. The molecule has 0 spiro atoms. The third kappa shape index (κ3) is 6.00.